The van der Waals surface area contributed by atoms with E-state index < -0.39 is 23.6 Å². The van der Waals surface area contributed by atoms with Crippen LogP contribution in [0.1, 0.15) is 72.9 Å². The van der Waals surface area contributed by atoms with Gasteiger partial charge in [0.25, 0.3) is 5.56 Å². The number of carbonyl (C=O) groups excluding carboxylic acids is 3. The highest BCUT2D eigenvalue weighted by atomic mass is 19.1. The summed E-state index contributed by atoms with van der Waals surface area (Å²) in [7, 11) is 0. The molecule has 3 atom stereocenters. The summed E-state index contributed by atoms with van der Waals surface area (Å²) in [5.41, 5.74) is 2.90. The van der Waals surface area contributed by atoms with E-state index in [1.807, 2.05) is 0 Å². The molecular formula is C31H30FN3O6. The van der Waals surface area contributed by atoms with Crippen molar-refractivity contribution in [2.45, 2.75) is 77.7 Å². The zero-order chi connectivity index (χ0) is 29.4. The average Bonchev–Trinajstić information content (AvgIpc) is 3.30. The van der Waals surface area contributed by atoms with Gasteiger partial charge in [-0.3, -0.25) is 14.4 Å². The van der Waals surface area contributed by atoms with Gasteiger partial charge in [0.05, 0.1) is 35.1 Å². The lowest BCUT2D eigenvalue weighted by molar-refractivity contribution is -0.188. The number of hydrogen-bond acceptors (Lipinski definition) is 7. The molecule has 4 heterocycles. The number of hydrogen-bond donors (Lipinski definition) is 1. The van der Waals surface area contributed by atoms with Crippen LogP contribution in [0.4, 0.5) is 4.39 Å². The monoisotopic (exact) mass is 559 g/mol. The lowest BCUT2D eigenvalue weighted by Crippen LogP contribution is -2.47. The standard InChI is InChI=1S/C31H30FN3O6/c1-6-23(33-15(4)36)18-9-8-17-14(3)22(32)11-24-27(17)26(18)19-12-35-25(28(19)34-24)10-21-20(29(35)38)13-40-30(39)31(21,7-2)41-16(5)37/h6,10-11,18,23H,1,7-9,12-13H2,2-5H3,(H,33,36)/t18-,23+,31+/m1/s1. The van der Waals surface area contributed by atoms with Gasteiger partial charge >= 0.3 is 11.9 Å². The topological polar surface area (TPSA) is 117 Å². The number of benzene rings is 1. The van der Waals surface area contributed by atoms with Crippen LogP contribution in [0.2, 0.25) is 0 Å². The number of halogens is 1. The number of nitrogens with one attached hydrogen (secondary N) is 1. The summed E-state index contributed by atoms with van der Waals surface area (Å²) in [4.78, 5) is 56.0. The van der Waals surface area contributed by atoms with Gasteiger partial charge in [0.2, 0.25) is 11.5 Å². The number of aromatic nitrogens is 2. The number of carbonyl (C=O) groups is 3. The van der Waals surface area contributed by atoms with Gasteiger partial charge in [0.1, 0.15) is 12.4 Å². The molecule has 0 bridgehead atoms. The summed E-state index contributed by atoms with van der Waals surface area (Å²) in [6.07, 6.45) is 3.01. The fraction of sp³-hybridized carbons (Fsp3) is 0.387. The molecule has 1 N–H and O–H groups in total. The number of ether oxygens (including phenoxy) is 2. The van der Waals surface area contributed by atoms with E-state index in [1.165, 1.54) is 19.9 Å². The molecule has 2 aromatic heterocycles. The zero-order valence-corrected chi connectivity index (χ0v) is 23.4. The first kappa shape index (κ1) is 26.9. The van der Waals surface area contributed by atoms with Gasteiger partial charge in [-0.15, -0.1) is 6.58 Å². The summed E-state index contributed by atoms with van der Waals surface area (Å²) >= 11 is 0. The first-order valence-electron chi connectivity index (χ1n) is 13.7. The lowest BCUT2D eigenvalue weighted by atomic mass is 9.75. The van der Waals surface area contributed by atoms with Gasteiger partial charge in [0, 0.05) is 42.3 Å². The predicted octanol–water partition coefficient (Wildman–Crippen LogP) is 3.82. The van der Waals surface area contributed by atoms with Gasteiger partial charge < -0.3 is 19.4 Å². The third kappa shape index (κ3) is 3.76. The maximum Gasteiger partial charge on any atom is 0.355 e. The zero-order valence-electron chi connectivity index (χ0n) is 23.4. The molecular weight excluding hydrogens is 529 g/mol. The Hall–Kier alpha value is -4.34. The van der Waals surface area contributed by atoms with Gasteiger partial charge in [0.15, 0.2) is 0 Å². The highest BCUT2D eigenvalue weighted by Gasteiger charge is 2.50. The van der Waals surface area contributed by atoms with E-state index >= 15 is 4.39 Å². The molecule has 9 nitrogen and oxygen atoms in total. The van der Waals surface area contributed by atoms with Crippen molar-refractivity contribution in [3.8, 4) is 11.4 Å². The Kier molecular flexibility index (Phi) is 6.13. The maximum absolute atomic E-state index is 15.1. The minimum absolute atomic E-state index is 0.0677. The number of aryl methyl sites for hydroxylation is 1. The molecule has 1 aliphatic carbocycles. The second-order valence-electron chi connectivity index (χ2n) is 11.0. The third-order valence-electron chi connectivity index (χ3n) is 8.77. The molecule has 1 amide bonds. The second kappa shape index (κ2) is 9.36. The van der Waals surface area contributed by atoms with Crippen molar-refractivity contribution in [3.63, 3.8) is 0 Å². The smallest absolute Gasteiger partial charge is 0.355 e. The number of nitrogens with zero attached hydrogens (tertiary/aromatic N) is 2. The van der Waals surface area contributed by atoms with Gasteiger partial charge in [-0.1, -0.05) is 13.0 Å². The molecule has 0 spiro atoms. The fourth-order valence-electron chi connectivity index (χ4n) is 6.91. The van der Waals surface area contributed by atoms with Crippen LogP contribution in [0.3, 0.4) is 0 Å². The number of rotatable bonds is 5. The molecule has 6 rings (SSSR count). The highest BCUT2D eigenvalue weighted by molar-refractivity contribution is 5.94. The lowest BCUT2D eigenvalue weighted by Gasteiger charge is -2.35. The van der Waals surface area contributed by atoms with Crippen LogP contribution in [0.15, 0.2) is 29.6 Å². The van der Waals surface area contributed by atoms with Crippen molar-refractivity contribution in [2.75, 3.05) is 0 Å². The molecule has 212 valence electrons. The van der Waals surface area contributed by atoms with Crippen LogP contribution in [0.25, 0.3) is 22.3 Å². The Labute approximate surface area is 235 Å². The largest absolute Gasteiger partial charge is 0.457 e. The number of esters is 2. The Morgan fingerprint density at radius 1 is 1.29 bits per heavy atom. The number of amides is 1. The molecule has 0 fully saturated rings. The molecule has 1 aromatic carbocycles. The quantitative estimate of drug-likeness (QED) is 0.292. The molecule has 3 aromatic rings. The molecule has 0 saturated carbocycles. The molecule has 10 heteroatoms. The van der Waals surface area contributed by atoms with Crippen molar-refractivity contribution >= 4 is 28.7 Å². The summed E-state index contributed by atoms with van der Waals surface area (Å²) in [6, 6.07) is 2.70. The Bertz CT molecular complexity index is 1780. The minimum Gasteiger partial charge on any atom is -0.457 e. The van der Waals surface area contributed by atoms with E-state index in [0.29, 0.717) is 35.3 Å². The van der Waals surface area contributed by atoms with E-state index in [-0.39, 0.29) is 53.9 Å². The van der Waals surface area contributed by atoms with E-state index in [9.17, 15) is 19.2 Å². The average molecular weight is 560 g/mol. The summed E-state index contributed by atoms with van der Waals surface area (Å²) in [6.45, 7) is 10.0. The third-order valence-corrected chi connectivity index (χ3v) is 8.77. The molecule has 41 heavy (non-hydrogen) atoms. The fourth-order valence-corrected chi connectivity index (χ4v) is 6.91. The molecule has 0 unspecified atom stereocenters. The van der Waals surface area contributed by atoms with Crippen LogP contribution in [-0.4, -0.2) is 33.4 Å². The Morgan fingerprint density at radius 2 is 2.05 bits per heavy atom. The van der Waals surface area contributed by atoms with Gasteiger partial charge in [-0.05, 0) is 48.9 Å². The van der Waals surface area contributed by atoms with E-state index in [2.05, 4.69) is 11.9 Å². The maximum atomic E-state index is 15.1. The van der Waals surface area contributed by atoms with Crippen LogP contribution in [-0.2, 0) is 49.0 Å². The van der Waals surface area contributed by atoms with Crippen molar-refractivity contribution in [1.82, 2.24) is 14.9 Å². The van der Waals surface area contributed by atoms with Crippen molar-refractivity contribution in [2.24, 2.45) is 0 Å². The number of pyridine rings is 2. The first-order chi connectivity index (χ1) is 19.5. The van der Waals surface area contributed by atoms with Crippen LogP contribution in [0.5, 0.6) is 0 Å². The molecule has 3 aliphatic rings. The van der Waals surface area contributed by atoms with Crippen molar-refractivity contribution in [3.05, 3.63) is 74.3 Å². The summed E-state index contributed by atoms with van der Waals surface area (Å²) in [5, 5.41) is 3.82. The summed E-state index contributed by atoms with van der Waals surface area (Å²) in [5.74, 6) is -2.17. The van der Waals surface area contributed by atoms with Crippen LogP contribution in [0, 0.1) is 12.7 Å². The molecule has 2 aliphatic heterocycles. The number of cyclic esters (lactones) is 1. The highest BCUT2D eigenvalue weighted by Crippen LogP contribution is 2.48. The Morgan fingerprint density at radius 3 is 2.71 bits per heavy atom. The predicted molar refractivity (Wildman–Crippen MR) is 148 cm³/mol. The molecule has 0 radical (unpaired) electrons. The van der Waals surface area contributed by atoms with E-state index in [1.54, 1.807) is 30.6 Å². The Balaban J connectivity index is 1.66. The normalized spacial score (nSPS) is 20.9. The van der Waals surface area contributed by atoms with E-state index in [0.717, 1.165) is 22.1 Å². The van der Waals surface area contributed by atoms with Crippen molar-refractivity contribution < 1.29 is 28.2 Å². The van der Waals surface area contributed by atoms with Crippen LogP contribution < -0.4 is 10.9 Å². The van der Waals surface area contributed by atoms with Gasteiger partial charge in [-0.2, -0.15) is 0 Å². The van der Waals surface area contributed by atoms with Gasteiger partial charge in [-0.25, -0.2) is 14.2 Å². The van der Waals surface area contributed by atoms with Crippen molar-refractivity contribution in [1.29, 1.82) is 0 Å². The first-order valence-corrected chi connectivity index (χ1v) is 13.7. The molecule has 0 saturated heterocycles. The number of fused-ring (bicyclic) bond motifs is 5. The minimum atomic E-state index is -1.76. The van der Waals surface area contributed by atoms with E-state index in [4.69, 9.17) is 14.5 Å². The second-order valence-corrected chi connectivity index (χ2v) is 11.0. The van der Waals surface area contributed by atoms with Crippen LogP contribution >= 0.6 is 0 Å². The SMILES string of the molecule is C=C[C@H](NC(C)=O)[C@H]1CCc2c(C)c(F)cc3nc4c(c1c23)Cn1c-4cc2c(c1=O)COC(=O)[C@@]2(CC)OC(C)=O. The summed E-state index contributed by atoms with van der Waals surface area (Å²) < 4.78 is 27.6.